The fraction of sp³-hybridized carbons (Fsp3) is 0.222. The first-order chi connectivity index (χ1) is 7.80. The molecule has 0 saturated carbocycles. The molecule has 0 aliphatic rings. The monoisotopic (exact) mass is 281 g/mol. The third-order valence-electron chi connectivity index (χ3n) is 1.78. The lowest BCUT2D eigenvalue weighted by atomic mass is 10.3. The molecule has 1 aromatic rings. The van der Waals surface area contributed by atoms with Crippen LogP contribution in [0, 0.1) is 5.82 Å². The van der Waals surface area contributed by atoms with E-state index in [0.29, 0.717) is 0 Å². The van der Waals surface area contributed by atoms with E-state index in [0.717, 1.165) is 6.07 Å². The van der Waals surface area contributed by atoms with Gasteiger partial charge < -0.3 is 5.11 Å². The Kier molecular flexibility index (Phi) is 4.30. The third kappa shape index (κ3) is 4.58. The Hall–Kier alpha value is -1.34. The summed E-state index contributed by atoms with van der Waals surface area (Å²) in [6, 6.07) is 3.40. The molecular weight excluding hydrogens is 273 g/mol. The Morgan fingerprint density at radius 2 is 2.12 bits per heavy atom. The largest absolute Gasteiger partial charge is 0.481 e. The van der Waals surface area contributed by atoms with E-state index < -0.39 is 34.0 Å². The summed E-state index contributed by atoms with van der Waals surface area (Å²) in [5, 5.41) is 8.23. The summed E-state index contributed by atoms with van der Waals surface area (Å²) in [5.41, 5.74) is -0.00251. The Bertz CT molecular complexity index is 532. The van der Waals surface area contributed by atoms with Gasteiger partial charge in [-0.15, -0.1) is 0 Å². The van der Waals surface area contributed by atoms with Crippen LogP contribution in [0.5, 0.6) is 0 Å². The highest BCUT2D eigenvalue weighted by Crippen LogP contribution is 2.19. The number of carbonyl (C=O) groups is 1. The minimum absolute atomic E-state index is 0.00251. The van der Waals surface area contributed by atoms with Gasteiger partial charge in [0.25, 0.3) is 0 Å². The molecule has 0 aliphatic carbocycles. The second-order valence-electron chi connectivity index (χ2n) is 3.19. The number of hydrogen-bond donors (Lipinski definition) is 2. The van der Waals surface area contributed by atoms with Crippen LogP contribution in [0.15, 0.2) is 18.2 Å². The predicted molar refractivity (Wildman–Crippen MR) is 61.1 cm³/mol. The molecule has 0 radical (unpaired) electrons. The first kappa shape index (κ1) is 13.7. The summed E-state index contributed by atoms with van der Waals surface area (Å²) in [6.45, 7) is 0. The number of rotatable bonds is 5. The molecule has 0 atom stereocenters. The van der Waals surface area contributed by atoms with Crippen molar-refractivity contribution >= 4 is 33.3 Å². The highest BCUT2D eigenvalue weighted by Gasteiger charge is 2.13. The molecule has 2 N–H and O–H groups in total. The quantitative estimate of drug-likeness (QED) is 0.860. The maximum Gasteiger partial charge on any atom is 0.304 e. The fourth-order valence-electron chi connectivity index (χ4n) is 1.01. The van der Waals surface area contributed by atoms with Crippen LogP contribution in [0.4, 0.5) is 10.1 Å². The summed E-state index contributed by atoms with van der Waals surface area (Å²) in [6.07, 6.45) is -0.522. The van der Waals surface area contributed by atoms with Gasteiger partial charge >= 0.3 is 5.97 Å². The molecule has 0 heterocycles. The molecule has 5 nitrogen and oxygen atoms in total. The second-order valence-corrected chi connectivity index (χ2v) is 5.44. The molecule has 0 aliphatic heterocycles. The van der Waals surface area contributed by atoms with Crippen molar-refractivity contribution in [2.45, 2.75) is 6.42 Å². The van der Waals surface area contributed by atoms with Crippen molar-refractivity contribution in [3.8, 4) is 0 Å². The number of nitrogens with one attached hydrogen (secondary N) is 1. The van der Waals surface area contributed by atoms with Gasteiger partial charge in [-0.2, -0.15) is 0 Å². The van der Waals surface area contributed by atoms with Gasteiger partial charge in [-0.05, 0) is 18.2 Å². The summed E-state index contributed by atoms with van der Waals surface area (Å²) >= 11 is 5.42. The molecule has 0 bridgehead atoms. The smallest absolute Gasteiger partial charge is 0.304 e. The van der Waals surface area contributed by atoms with Gasteiger partial charge in [0.15, 0.2) is 0 Å². The molecule has 0 saturated heterocycles. The van der Waals surface area contributed by atoms with Crippen molar-refractivity contribution in [1.82, 2.24) is 0 Å². The highest BCUT2D eigenvalue weighted by atomic mass is 35.5. The second kappa shape index (κ2) is 5.33. The Balaban J connectivity index is 2.76. The number of halogens is 2. The minimum Gasteiger partial charge on any atom is -0.481 e. The van der Waals surface area contributed by atoms with Crippen LogP contribution in [0.25, 0.3) is 0 Å². The average molecular weight is 282 g/mol. The van der Waals surface area contributed by atoms with Gasteiger partial charge in [0.1, 0.15) is 5.82 Å². The van der Waals surface area contributed by atoms with Crippen molar-refractivity contribution in [2.75, 3.05) is 10.5 Å². The zero-order chi connectivity index (χ0) is 13.1. The Morgan fingerprint density at radius 3 is 2.65 bits per heavy atom. The van der Waals surface area contributed by atoms with Gasteiger partial charge in [0.2, 0.25) is 10.0 Å². The van der Waals surface area contributed by atoms with E-state index >= 15 is 0 Å². The molecule has 1 rings (SSSR count). The molecule has 0 amide bonds. The molecule has 1 aromatic carbocycles. The van der Waals surface area contributed by atoms with Gasteiger partial charge in [0, 0.05) is 0 Å². The van der Waals surface area contributed by atoms with Crippen LogP contribution in [0.2, 0.25) is 5.02 Å². The molecule has 8 heteroatoms. The number of anilines is 1. The standard InChI is InChI=1S/C9H9ClFNO4S/c10-7-2-1-6(5-8(7)11)12-17(15,16)4-3-9(13)14/h1-2,5,12H,3-4H2,(H,13,14). The van der Waals surface area contributed by atoms with E-state index in [9.17, 15) is 17.6 Å². The minimum atomic E-state index is -3.80. The van der Waals surface area contributed by atoms with Gasteiger partial charge in [-0.1, -0.05) is 11.6 Å². The van der Waals surface area contributed by atoms with Crippen molar-refractivity contribution < 1.29 is 22.7 Å². The third-order valence-corrected chi connectivity index (χ3v) is 3.37. The topological polar surface area (TPSA) is 83.5 Å². The molecule has 94 valence electrons. The Labute approximate surface area is 102 Å². The van der Waals surface area contributed by atoms with Crippen molar-refractivity contribution in [3.05, 3.63) is 29.0 Å². The zero-order valence-electron chi connectivity index (χ0n) is 8.48. The number of hydrogen-bond acceptors (Lipinski definition) is 3. The molecule has 0 fully saturated rings. The maximum absolute atomic E-state index is 13.0. The number of benzene rings is 1. The van der Waals surface area contributed by atoms with Crippen LogP contribution < -0.4 is 4.72 Å². The fourth-order valence-corrected chi connectivity index (χ4v) is 2.16. The van der Waals surface area contributed by atoms with Gasteiger partial charge in [-0.3, -0.25) is 9.52 Å². The van der Waals surface area contributed by atoms with Crippen LogP contribution in [-0.2, 0) is 14.8 Å². The molecule has 0 unspecified atom stereocenters. The molecule has 0 aromatic heterocycles. The zero-order valence-corrected chi connectivity index (χ0v) is 10.1. The van der Waals surface area contributed by atoms with Crippen molar-refractivity contribution in [3.63, 3.8) is 0 Å². The normalized spacial score (nSPS) is 11.2. The van der Waals surface area contributed by atoms with E-state index in [4.69, 9.17) is 16.7 Å². The van der Waals surface area contributed by atoms with Gasteiger partial charge in [-0.25, -0.2) is 12.8 Å². The van der Waals surface area contributed by atoms with E-state index in [-0.39, 0.29) is 10.7 Å². The van der Waals surface area contributed by atoms with Crippen LogP contribution in [0.3, 0.4) is 0 Å². The lowest BCUT2D eigenvalue weighted by molar-refractivity contribution is -0.136. The summed E-state index contributed by atoms with van der Waals surface area (Å²) in [5.74, 6) is -2.56. The number of sulfonamides is 1. The summed E-state index contributed by atoms with van der Waals surface area (Å²) in [4.78, 5) is 10.2. The molecule has 17 heavy (non-hydrogen) atoms. The number of aliphatic carboxylic acids is 1. The SMILES string of the molecule is O=C(O)CCS(=O)(=O)Nc1ccc(Cl)c(F)c1. The van der Waals surface area contributed by atoms with E-state index in [1.165, 1.54) is 12.1 Å². The van der Waals surface area contributed by atoms with Crippen molar-refractivity contribution in [1.29, 1.82) is 0 Å². The molecule has 0 spiro atoms. The van der Waals surface area contributed by atoms with Crippen molar-refractivity contribution in [2.24, 2.45) is 0 Å². The lowest BCUT2D eigenvalue weighted by Gasteiger charge is -2.07. The number of carboxylic acid groups (broad SMARTS) is 1. The maximum atomic E-state index is 13.0. The summed E-state index contributed by atoms with van der Waals surface area (Å²) in [7, 11) is -3.80. The van der Waals surface area contributed by atoms with E-state index in [2.05, 4.69) is 4.72 Å². The predicted octanol–water partition coefficient (Wildman–Crippen LogP) is 1.70. The van der Waals surface area contributed by atoms with E-state index in [1.807, 2.05) is 0 Å². The van der Waals surface area contributed by atoms with E-state index in [1.54, 1.807) is 0 Å². The number of carboxylic acids is 1. The first-order valence-electron chi connectivity index (χ1n) is 4.47. The Morgan fingerprint density at radius 1 is 1.47 bits per heavy atom. The molecular formula is C9H9ClFNO4S. The highest BCUT2D eigenvalue weighted by molar-refractivity contribution is 7.92. The van der Waals surface area contributed by atoms with Crippen LogP contribution >= 0.6 is 11.6 Å². The summed E-state index contributed by atoms with van der Waals surface area (Å²) < 4.78 is 37.8. The van der Waals surface area contributed by atoms with Gasteiger partial charge in [0.05, 0.1) is 22.9 Å². The lowest BCUT2D eigenvalue weighted by Crippen LogP contribution is -2.18. The van der Waals surface area contributed by atoms with Crippen LogP contribution in [-0.4, -0.2) is 25.2 Å². The van der Waals surface area contributed by atoms with Crippen LogP contribution in [0.1, 0.15) is 6.42 Å². The first-order valence-corrected chi connectivity index (χ1v) is 6.50. The average Bonchev–Trinajstić information content (AvgIpc) is 2.21.